The second-order valence-electron chi connectivity index (χ2n) is 8.52. The maximum Gasteiger partial charge on any atom is 0.254 e. The summed E-state index contributed by atoms with van der Waals surface area (Å²) in [6.45, 7) is 3.53. The number of nitriles is 1. The Kier molecular flexibility index (Phi) is 8.92. The summed E-state index contributed by atoms with van der Waals surface area (Å²) in [7, 11) is 1.52. The maximum atomic E-state index is 13.6. The molecule has 2 aromatic carbocycles. The van der Waals surface area contributed by atoms with E-state index < -0.39 is 11.8 Å². The Hall–Kier alpha value is -3.84. The van der Waals surface area contributed by atoms with Gasteiger partial charge in [-0.15, -0.1) is 0 Å². The minimum atomic E-state index is -0.791. The maximum absolute atomic E-state index is 13.6. The van der Waals surface area contributed by atoms with Crippen LogP contribution in [0.25, 0.3) is 0 Å². The Morgan fingerprint density at radius 1 is 1.10 bits per heavy atom. The number of halogens is 2. The van der Waals surface area contributed by atoms with Crippen molar-refractivity contribution >= 4 is 58.2 Å². The van der Waals surface area contributed by atoms with Crippen LogP contribution in [0.2, 0.25) is 10.0 Å². The molecular formula is C28H24Cl2N4O4S. The number of nitrogens with zero attached hydrogens (tertiary/aromatic N) is 1. The number of rotatable bonds is 8. The van der Waals surface area contributed by atoms with E-state index in [1.165, 1.54) is 7.11 Å². The molecule has 2 amide bonds. The largest absolute Gasteiger partial charge is 0.495 e. The van der Waals surface area contributed by atoms with Gasteiger partial charge in [-0.05, 0) is 56.3 Å². The van der Waals surface area contributed by atoms with Gasteiger partial charge in [0.15, 0.2) is 0 Å². The van der Waals surface area contributed by atoms with Gasteiger partial charge in [-0.1, -0.05) is 47.1 Å². The van der Waals surface area contributed by atoms with Crippen LogP contribution in [0, 0.1) is 18.3 Å². The third kappa shape index (κ3) is 6.42. The number of ether oxygens (including phenoxy) is 1. The quantitative estimate of drug-likeness (QED) is 0.273. The normalized spacial score (nSPS) is 14.9. The van der Waals surface area contributed by atoms with Crippen LogP contribution in [-0.2, 0) is 9.59 Å². The second-order valence-corrected chi connectivity index (χ2v) is 10.3. The zero-order valence-electron chi connectivity index (χ0n) is 21.2. The smallest absolute Gasteiger partial charge is 0.254 e. The van der Waals surface area contributed by atoms with E-state index in [2.05, 4.69) is 22.0 Å². The Labute approximate surface area is 240 Å². The number of carbonyl (C=O) groups is 2. The number of nitrogens with one attached hydrogen (secondary N) is 3. The molecule has 0 spiro atoms. The van der Waals surface area contributed by atoms with E-state index in [-0.39, 0.29) is 17.2 Å². The molecule has 1 aromatic heterocycles. The molecule has 200 valence electrons. The van der Waals surface area contributed by atoms with Crippen molar-refractivity contribution in [2.45, 2.75) is 19.8 Å². The predicted molar refractivity (Wildman–Crippen MR) is 154 cm³/mol. The third-order valence-corrected chi connectivity index (χ3v) is 7.60. The fourth-order valence-corrected chi connectivity index (χ4v) is 5.26. The van der Waals surface area contributed by atoms with Crippen molar-refractivity contribution in [2.24, 2.45) is 0 Å². The third-order valence-electron chi connectivity index (χ3n) is 5.84. The standard InChI is InChI=1S/C28H24Cl2N4O4S/c1-15-8-11-23(38-15)26-18(13-31)28(39-14-24(35)33-17-9-10-19(29)20(30)12-17)32-16(2)25(26)27(36)34-21-6-4-5-7-22(21)37-3/h4-12,26,32H,14H2,1-3H3,(H,33,35)(H,34,36)/t26-/m1/s1. The number of allylic oxidation sites excluding steroid dienone is 2. The molecule has 1 aliphatic rings. The molecule has 0 unspecified atom stereocenters. The van der Waals surface area contributed by atoms with E-state index >= 15 is 0 Å². The molecule has 8 nitrogen and oxygen atoms in total. The molecule has 3 aromatic rings. The minimum absolute atomic E-state index is 0.00626. The molecule has 11 heteroatoms. The predicted octanol–water partition coefficient (Wildman–Crippen LogP) is 6.61. The van der Waals surface area contributed by atoms with E-state index in [0.29, 0.717) is 55.0 Å². The van der Waals surface area contributed by atoms with Crippen molar-refractivity contribution in [3.8, 4) is 11.8 Å². The molecular weight excluding hydrogens is 559 g/mol. The lowest BCUT2D eigenvalue weighted by Gasteiger charge is -2.28. The topological polar surface area (TPSA) is 116 Å². The van der Waals surface area contributed by atoms with Gasteiger partial charge in [0.25, 0.3) is 5.91 Å². The number of thioether (sulfide) groups is 1. The zero-order chi connectivity index (χ0) is 28.1. The van der Waals surface area contributed by atoms with E-state index in [1.54, 1.807) is 68.4 Å². The van der Waals surface area contributed by atoms with Gasteiger partial charge in [0.2, 0.25) is 5.91 Å². The highest BCUT2D eigenvalue weighted by Crippen LogP contribution is 2.42. The fraction of sp³-hybridized carbons (Fsp3) is 0.179. The van der Waals surface area contributed by atoms with Crippen molar-refractivity contribution in [3.63, 3.8) is 0 Å². The molecule has 0 radical (unpaired) electrons. The highest BCUT2D eigenvalue weighted by Gasteiger charge is 2.37. The SMILES string of the molecule is COc1ccccc1NC(=O)C1=C(C)NC(SCC(=O)Nc2ccc(Cl)c(Cl)c2)=C(C#N)[C@@H]1c1ccc(C)o1. The van der Waals surface area contributed by atoms with Crippen molar-refractivity contribution in [1.29, 1.82) is 5.26 Å². The van der Waals surface area contributed by atoms with E-state index in [4.69, 9.17) is 32.4 Å². The van der Waals surface area contributed by atoms with Gasteiger partial charge < -0.3 is 25.1 Å². The molecule has 0 fully saturated rings. The molecule has 0 saturated carbocycles. The van der Waals surface area contributed by atoms with Crippen LogP contribution in [0.5, 0.6) is 5.75 Å². The Bertz CT molecular complexity index is 1540. The summed E-state index contributed by atoms with van der Waals surface area (Å²) < 4.78 is 11.3. The molecule has 1 atom stereocenters. The van der Waals surface area contributed by atoms with Crippen LogP contribution < -0.4 is 20.7 Å². The Morgan fingerprint density at radius 2 is 1.87 bits per heavy atom. The lowest BCUT2D eigenvalue weighted by Crippen LogP contribution is -2.31. The first-order valence-corrected chi connectivity index (χ1v) is 13.5. The molecule has 4 rings (SSSR count). The van der Waals surface area contributed by atoms with Crippen molar-refractivity contribution in [3.05, 3.63) is 98.0 Å². The average molecular weight is 583 g/mol. The number of carbonyl (C=O) groups excluding carboxylic acids is 2. The Morgan fingerprint density at radius 3 is 2.54 bits per heavy atom. The van der Waals surface area contributed by atoms with Crippen LogP contribution in [-0.4, -0.2) is 24.7 Å². The van der Waals surface area contributed by atoms with Gasteiger partial charge in [0, 0.05) is 11.4 Å². The van der Waals surface area contributed by atoms with E-state index in [1.807, 2.05) is 0 Å². The average Bonchev–Trinajstić information content (AvgIpc) is 3.35. The highest BCUT2D eigenvalue weighted by atomic mass is 35.5. The number of furan rings is 1. The van der Waals surface area contributed by atoms with Gasteiger partial charge >= 0.3 is 0 Å². The summed E-state index contributed by atoms with van der Waals surface area (Å²) >= 11 is 13.1. The molecule has 1 aliphatic heterocycles. The van der Waals surface area contributed by atoms with Crippen molar-refractivity contribution in [1.82, 2.24) is 5.32 Å². The molecule has 2 heterocycles. The van der Waals surface area contributed by atoms with Gasteiger partial charge in [-0.3, -0.25) is 9.59 Å². The summed E-state index contributed by atoms with van der Waals surface area (Å²) in [5, 5.41) is 20.2. The minimum Gasteiger partial charge on any atom is -0.495 e. The number of dihydropyridines is 1. The number of methoxy groups -OCH3 is 1. The van der Waals surface area contributed by atoms with Crippen LogP contribution in [0.4, 0.5) is 11.4 Å². The molecule has 39 heavy (non-hydrogen) atoms. The van der Waals surface area contributed by atoms with Crippen LogP contribution in [0.1, 0.15) is 24.4 Å². The monoisotopic (exact) mass is 582 g/mol. The number of amides is 2. The summed E-state index contributed by atoms with van der Waals surface area (Å²) in [5.74, 6) is 0.0492. The molecule has 0 aliphatic carbocycles. The highest BCUT2D eigenvalue weighted by molar-refractivity contribution is 8.03. The summed E-state index contributed by atoms with van der Waals surface area (Å²) in [4.78, 5) is 26.3. The van der Waals surface area contributed by atoms with Crippen LogP contribution in [0.15, 0.2) is 80.9 Å². The number of anilines is 2. The first kappa shape index (κ1) is 28.2. The Balaban J connectivity index is 1.61. The van der Waals surface area contributed by atoms with E-state index in [0.717, 1.165) is 11.8 Å². The van der Waals surface area contributed by atoms with Gasteiger partial charge in [-0.2, -0.15) is 5.26 Å². The zero-order valence-corrected chi connectivity index (χ0v) is 23.6. The van der Waals surface area contributed by atoms with Crippen molar-refractivity contribution < 1.29 is 18.7 Å². The molecule has 0 saturated heterocycles. The van der Waals surface area contributed by atoms with Crippen LogP contribution in [0.3, 0.4) is 0 Å². The van der Waals surface area contributed by atoms with E-state index in [9.17, 15) is 14.9 Å². The number of benzene rings is 2. The summed E-state index contributed by atoms with van der Waals surface area (Å²) in [6.07, 6.45) is 0. The van der Waals surface area contributed by atoms with Gasteiger partial charge in [0.1, 0.15) is 17.3 Å². The molecule has 3 N–H and O–H groups in total. The first-order chi connectivity index (χ1) is 18.7. The lowest BCUT2D eigenvalue weighted by atomic mass is 9.85. The number of para-hydroxylation sites is 2. The second kappa shape index (κ2) is 12.3. The molecule has 0 bridgehead atoms. The van der Waals surface area contributed by atoms with Crippen molar-refractivity contribution in [2.75, 3.05) is 23.5 Å². The van der Waals surface area contributed by atoms with Gasteiger partial charge in [-0.25, -0.2) is 0 Å². The lowest BCUT2D eigenvalue weighted by molar-refractivity contribution is -0.114. The van der Waals surface area contributed by atoms with Gasteiger partial charge in [0.05, 0.1) is 56.8 Å². The number of hydrogen-bond acceptors (Lipinski definition) is 7. The van der Waals surface area contributed by atoms with Crippen LogP contribution >= 0.6 is 35.0 Å². The first-order valence-electron chi connectivity index (χ1n) is 11.7. The summed E-state index contributed by atoms with van der Waals surface area (Å²) in [6, 6.07) is 17.6. The number of aryl methyl sites for hydroxylation is 1. The number of hydrogen-bond donors (Lipinski definition) is 3. The summed E-state index contributed by atoms with van der Waals surface area (Å²) in [5.41, 5.74) is 2.08. The fourth-order valence-electron chi connectivity index (χ4n) is 4.07.